The number of carboxylic acid groups (broad SMARTS) is 1. The van der Waals surface area contributed by atoms with Gasteiger partial charge in [0.15, 0.2) is 0 Å². The number of rotatable bonds is 5. The summed E-state index contributed by atoms with van der Waals surface area (Å²) in [5.41, 5.74) is 0. The number of aliphatic carboxylic acids is 1. The summed E-state index contributed by atoms with van der Waals surface area (Å²) in [6, 6.07) is 0.293. The molecule has 0 heterocycles. The highest BCUT2D eigenvalue weighted by Gasteiger charge is 2.20. The van der Waals surface area contributed by atoms with E-state index in [0.29, 0.717) is 12.0 Å². The lowest BCUT2D eigenvalue weighted by Crippen LogP contribution is -2.39. The summed E-state index contributed by atoms with van der Waals surface area (Å²) >= 11 is 1.15. The molecule has 4 nitrogen and oxygen atoms in total. The van der Waals surface area contributed by atoms with Gasteiger partial charge in [0.25, 0.3) is 0 Å². The summed E-state index contributed by atoms with van der Waals surface area (Å²) in [5, 5.41) is 11.4. The van der Waals surface area contributed by atoms with Gasteiger partial charge in [-0.05, 0) is 18.8 Å². The molecule has 1 rings (SSSR count). The summed E-state index contributed by atoms with van der Waals surface area (Å²) in [6.07, 6.45) is 4.53. The molecule has 1 amide bonds. The zero-order valence-electron chi connectivity index (χ0n) is 9.57. The van der Waals surface area contributed by atoms with Crippen LogP contribution in [-0.2, 0) is 9.59 Å². The van der Waals surface area contributed by atoms with E-state index in [1.165, 1.54) is 12.8 Å². The molecule has 0 saturated heterocycles. The molecule has 92 valence electrons. The molecule has 1 aliphatic rings. The van der Waals surface area contributed by atoms with Crippen LogP contribution in [0.2, 0.25) is 0 Å². The third kappa shape index (κ3) is 5.39. The van der Waals surface area contributed by atoms with Gasteiger partial charge < -0.3 is 10.4 Å². The van der Waals surface area contributed by atoms with Crippen LogP contribution in [0.5, 0.6) is 0 Å². The highest BCUT2D eigenvalue weighted by atomic mass is 32.2. The molecule has 1 fully saturated rings. The number of carbonyl (C=O) groups is 2. The molecule has 0 spiro atoms. The van der Waals surface area contributed by atoms with E-state index >= 15 is 0 Å². The average Bonchev–Trinajstić information content (AvgIpc) is 2.16. The minimum atomic E-state index is -0.871. The normalized spacial score (nSPS) is 25.1. The Morgan fingerprint density at radius 3 is 2.75 bits per heavy atom. The van der Waals surface area contributed by atoms with Gasteiger partial charge in [-0.2, -0.15) is 0 Å². The van der Waals surface area contributed by atoms with Crippen molar-refractivity contribution in [1.29, 1.82) is 0 Å². The second-order valence-electron chi connectivity index (χ2n) is 4.42. The second-order valence-corrected chi connectivity index (χ2v) is 5.41. The van der Waals surface area contributed by atoms with Crippen LogP contribution in [0, 0.1) is 5.92 Å². The molecule has 5 heteroatoms. The first-order valence-corrected chi connectivity index (χ1v) is 6.82. The number of amides is 1. The molecule has 0 aromatic carbocycles. The number of hydrogen-bond donors (Lipinski definition) is 2. The smallest absolute Gasteiger partial charge is 0.313 e. The Bertz CT molecular complexity index is 258. The topological polar surface area (TPSA) is 66.4 Å². The van der Waals surface area contributed by atoms with Crippen molar-refractivity contribution >= 4 is 23.6 Å². The SMILES string of the molecule is CC1CCCC(NC(=O)CSCC(=O)O)C1. The third-order valence-electron chi connectivity index (χ3n) is 2.76. The zero-order chi connectivity index (χ0) is 12.0. The molecule has 1 aliphatic carbocycles. The Labute approximate surface area is 100 Å². The molecule has 0 aromatic heterocycles. The molecule has 0 aliphatic heterocycles. The first-order valence-electron chi connectivity index (χ1n) is 5.67. The van der Waals surface area contributed by atoms with Crippen LogP contribution in [0.1, 0.15) is 32.6 Å². The van der Waals surface area contributed by atoms with Gasteiger partial charge in [0.2, 0.25) is 5.91 Å². The van der Waals surface area contributed by atoms with Crippen LogP contribution in [0.3, 0.4) is 0 Å². The van der Waals surface area contributed by atoms with Crippen molar-refractivity contribution in [2.45, 2.75) is 38.6 Å². The fourth-order valence-electron chi connectivity index (χ4n) is 2.07. The number of carbonyl (C=O) groups excluding carboxylic acids is 1. The van der Waals surface area contributed by atoms with Crippen LogP contribution in [0.4, 0.5) is 0 Å². The molecule has 2 atom stereocenters. The maximum absolute atomic E-state index is 11.5. The van der Waals surface area contributed by atoms with Crippen LogP contribution < -0.4 is 5.32 Å². The number of carboxylic acids is 1. The van der Waals surface area contributed by atoms with E-state index in [9.17, 15) is 9.59 Å². The largest absolute Gasteiger partial charge is 0.481 e. The van der Waals surface area contributed by atoms with Crippen molar-refractivity contribution in [3.05, 3.63) is 0 Å². The zero-order valence-corrected chi connectivity index (χ0v) is 10.4. The lowest BCUT2D eigenvalue weighted by atomic mass is 9.87. The Kier molecular flexibility index (Phi) is 5.66. The fourth-order valence-corrected chi connectivity index (χ4v) is 2.61. The van der Waals surface area contributed by atoms with Crippen LogP contribution in [-0.4, -0.2) is 34.5 Å². The van der Waals surface area contributed by atoms with E-state index in [-0.39, 0.29) is 17.4 Å². The van der Waals surface area contributed by atoms with Gasteiger partial charge in [-0.3, -0.25) is 9.59 Å². The molecule has 16 heavy (non-hydrogen) atoms. The monoisotopic (exact) mass is 245 g/mol. The molecular weight excluding hydrogens is 226 g/mol. The molecule has 0 aromatic rings. The number of nitrogens with one attached hydrogen (secondary N) is 1. The average molecular weight is 245 g/mol. The summed E-state index contributed by atoms with van der Waals surface area (Å²) in [4.78, 5) is 21.7. The van der Waals surface area contributed by atoms with Gasteiger partial charge in [-0.1, -0.05) is 19.8 Å². The fraction of sp³-hybridized carbons (Fsp3) is 0.818. The molecular formula is C11H19NO3S. The molecule has 2 N–H and O–H groups in total. The first-order chi connectivity index (χ1) is 7.58. The Morgan fingerprint density at radius 2 is 2.12 bits per heavy atom. The highest BCUT2D eigenvalue weighted by molar-refractivity contribution is 8.00. The van der Waals surface area contributed by atoms with E-state index in [1.54, 1.807) is 0 Å². The Morgan fingerprint density at radius 1 is 1.38 bits per heavy atom. The summed E-state index contributed by atoms with van der Waals surface area (Å²) < 4.78 is 0. The molecule has 0 radical (unpaired) electrons. The standard InChI is InChI=1S/C11H19NO3S/c1-8-3-2-4-9(5-8)12-10(13)6-16-7-11(14)15/h8-9H,2-7H2,1H3,(H,12,13)(H,14,15). The summed E-state index contributed by atoms with van der Waals surface area (Å²) in [5.74, 6) is 0.0197. The van der Waals surface area contributed by atoms with Crippen molar-refractivity contribution < 1.29 is 14.7 Å². The first kappa shape index (κ1) is 13.4. The van der Waals surface area contributed by atoms with Gasteiger partial charge in [0, 0.05) is 6.04 Å². The van der Waals surface area contributed by atoms with E-state index in [0.717, 1.165) is 24.6 Å². The Balaban J connectivity index is 2.15. The molecule has 1 saturated carbocycles. The summed E-state index contributed by atoms with van der Waals surface area (Å²) in [6.45, 7) is 2.21. The predicted octanol–water partition coefficient (Wildman–Crippen LogP) is 1.50. The van der Waals surface area contributed by atoms with E-state index in [4.69, 9.17) is 5.11 Å². The van der Waals surface area contributed by atoms with Gasteiger partial charge in [0.05, 0.1) is 11.5 Å². The minimum Gasteiger partial charge on any atom is -0.481 e. The Hall–Kier alpha value is -0.710. The second kappa shape index (κ2) is 6.78. The van der Waals surface area contributed by atoms with Gasteiger partial charge in [-0.25, -0.2) is 0 Å². The number of thioether (sulfide) groups is 1. The molecule has 0 bridgehead atoms. The van der Waals surface area contributed by atoms with Gasteiger partial charge >= 0.3 is 5.97 Å². The quantitative estimate of drug-likeness (QED) is 0.770. The molecule has 2 unspecified atom stereocenters. The van der Waals surface area contributed by atoms with Gasteiger partial charge in [0.1, 0.15) is 0 Å². The maximum atomic E-state index is 11.5. The van der Waals surface area contributed by atoms with E-state index < -0.39 is 5.97 Å². The predicted molar refractivity (Wildman–Crippen MR) is 64.5 cm³/mol. The van der Waals surface area contributed by atoms with Crippen LogP contribution in [0.25, 0.3) is 0 Å². The van der Waals surface area contributed by atoms with Crippen LogP contribution in [0.15, 0.2) is 0 Å². The van der Waals surface area contributed by atoms with Crippen molar-refractivity contribution in [1.82, 2.24) is 5.32 Å². The van der Waals surface area contributed by atoms with Gasteiger partial charge in [-0.15, -0.1) is 11.8 Å². The van der Waals surface area contributed by atoms with Crippen molar-refractivity contribution in [3.63, 3.8) is 0 Å². The lowest BCUT2D eigenvalue weighted by Gasteiger charge is -2.27. The highest BCUT2D eigenvalue weighted by Crippen LogP contribution is 2.23. The summed E-state index contributed by atoms with van der Waals surface area (Å²) in [7, 11) is 0. The maximum Gasteiger partial charge on any atom is 0.313 e. The number of hydrogen-bond acceptors (Lipinski definition) is 3. The van der Waals surface area contributed by atoms with Crippen molar-refractivity contribution in [3.8, 4) is 0 Å². The third-order valence-corrected chi connectivity index (χ3v) is 3.68. The lowest BCUT2D eigenvalue weighted by molar-refractivity contribution is -0.133. The van der Waals surface area contributed by atoms with E-state index in [2.05, 4.69) is 12.2 Å². The van der Waals surface area contributed by atoms with Crippen LogP contribution >= 0.6 is 11.8 Å². The van der Waals surface area contributed by atoms with Crippen molar-refractivity contribution in [2.75, 3.05) is 11.5 Å². The minimum absolute atomic E-state index is 0.00547. The van der Waals surface area contributed by atoms with Crippen molar-refractivity contribution in [2.24, 2.45) is 5.92 Å². The van der Waals surface area contributed by atoms with E-state index in [1.807, 2.05) is 0 Å².